The summed E-state index contributed by atoms with van der Waals surface area (Å²) in [7, 11) is 0. The van der Waals surface area contributed by atoms with E-state index in [1.54, 1.807) is 6.92 Å². The summed E-state index contributed by atoms with van der Waals surface area (Å²) in [5.74, 6) is -0.945. The van der Waals surface area contributed by atoms with Crippen LogP contribution in [-0.2, 0) is 14.5 Å². The molecule has 1 aliphatic heterocycles. The highest BCUT2D eigenvalue weighted by atomic mass is 17.2. The highest BCUT2D eigenvalue weighted by molar-refractivity contribution is 5.77. The molecule has 3 aromatic rings. The van der Waals surface area contributed by atoms with Crippen molar-refractivity contribution in [3.05, 3.63) is 72.6 Å². The van der Waals surface area contributed by atoms with Crippen LogP contribution in [0.5, 0.6) is 6.01 Å². The SMILES string of the molecule is C1=NO1.CC(C(=O)OOc1ncn(-c2ccccc2)n1)c1ccccc1. The molecule has 1 atom stereocenters. The van der Waals surface area contributed by atoms with Crippen molar-refractivity contribution in [2.45, 2.75) is 12.8 Å². The normalized spacial score (nSPS) is 12.2. The van der Waals surface area contributed by atoms with Crippen molar-refractivity contribution in [2.75, 3.05) is 0 Å². The van der Waals surface area contributed by atoms with E-state index >= 15 is 0 Å². The number of hydrogen-bond donors (Lipinski definition) is 0. The predicted octanol–water partition coefficient (Wildman–Crippen LogP) is 2.87. The summed E-state index contributed by atoms with van der Waals surface area (Å²) in [6.07, 6.45) is 2.86. The number of rotatable bonds is 5. The molecule has 0 saturated heterocycles. The molecule has 0 radical (unpaired) electrons. The molecule has 0 fully saturated rings. The molecule has 2 aromatic carbocycles. The lowest BCUT2D eigenvalue weighted by Crippen LogP contribution is -2.15. The van der Waals surface area contributed by atoms with Crippen molar-refractivity contribution in [1.29, 1.82) is 0 Å². The van der Waals surface area contributed by atoms with Crippen molar-refractivity contribution in [3.8, 4) is 11.7 Å². The van der Waals surface area contributed by atoms with Crippen LogP contribution < -0.4 is 4.89 Å². The maximum Gasteiger partial charge on any atom is 0.385 e. The van der Waals surface area contributed by atoms with Crippen molar-refractivity contribution < 1.29 is 19.4 Å². The average Bonchev–Trinajstić information content (AvgIpc) is 3.52. The third-order valence-electron chi connectivity index (χ3n) is 3.45. The Bertz CT molecular complexity index is 861. The number of hydrogen-bond acceptors (Lipinski definition) is 7. The molecule has 0 saturated carbocycles. The van der Waals surface area contributed by atoms with E-state index in [-0.39, 0.29) is 6.01 Å². The summed E-state index contributed by atoms with van der Waals surface area (Å²) in [5, 5.41) is 7.22. The Morgan fingerprint density at radius 2 is 1.69 bits per heavy atom. The van der Waals surface area contributed by atoms with Crippen molar-refractivity contribution in [3.63, 3.8) is 0 Å². The van der Waals surface area contributed by atoms with E-state index in [1.165, 1.54) is 17.4 Å². The van der Waals surface area contributed by atoms with Crippen LogP contribution in [-0.4, -0.2) is 27.1 Å². The van der Waals surface area contributed by atoms with Gasteiger partial charge in [0.2, 0.25) is 6.40 Å². The molecule has 1 unspecified atom stereocenters. The minimum absolute atomic E-state index is 0.0255. The van der Waals surface area contributed by atoms with Gasteiger partial charge in [0.05, 0.1) is 11.6 Å². The second kappa shape index (κ2) is 8.43. The zero-order valence-corrected chi connectivity index (χ0v) is 13.9. The molecule has 1 aliphatic rings. The first-order valence-corrected chi connectivity index (χ1v) is 7.82. The molecule has 4 rings (SSSR count). The Morgan fingerprint density at radius 1 is 1.08 bits per heavy atom. The van der Waals surface area contributed by atoms with Gasteiger partial charge in [0.25, 0.3) is 0 Å². The van der Waals surface area contributed by atoms with Gasteiger partial charge in [-0.05, 0) is 29.8 Å². The Balaban J connectivity index is 0.000000592. The van der Waals surface area contributed by atoms with E-state index < -0.39 is 11.9 Å². The van der Waals surface area contributed by atoms with E-state index in [1.807, 2.05) is 60.7 Å². The summed E-state index contributed by atoms with van der Waals surface area (Å²) >= 11 is 0. The Kier molecular flexibility index (Phi) is 5.56. The average molecular weight is 352 g/mol. The lowest BCUT2D eigenvalue weighted by Gasteiger charge is -2.08. The van der Waals surface area contributed by atoms with Gasteiger partial charge >= 0.3 is 12.0 Å². The highest BCUT2D eigenvalue weighted by Gasteiger charge is 2.19. The lowest BCUT2D eigenvalue weighted by molar-refractivity contribution is -0.218. The number of aromatic nitrogens is 3. The maximum absolute atomic E-state index is 12.0. The molecule has 1 aromatic heterocycles. The number of oxime groups is 1. The predicted molar refractivity (Wildman–Crippen MR) is 92.5 cm³/mol. The van der Waals surface area contributed by atoms with E-state index in [9.17, 15) is 4.79 Å². The Labute approximate surface area is 149 Å². The first-order chi connectivity index (χ1) is 12.7. The fourth-order valence-corrected chi connectivity index (χ4v) is 2.02. The number of carbonyl (C=O) groups is 1. The molecule has 26 heavy (non-hydrogen) atoms. The van der Waals surface area contributed by atoms with Gasteiger partial charge in [-0.15, -0.1) is 5.10 Å². The Hall–Kier alpha value is -3.68. The number of nitrogens with zero attached hydrogens (tertiary/aromatic N) is 4. The third kappa shape index (κ3) is 4.91. The van der Waals surface area contributed by atoms with Crippen LogP contribution in [0.3, 0.4) is 0 Å². The van der Waals surface area contributed by atoms with Gasteiger partial charge in [-0.1, -0.05) is 48.5 Å². The number of carbonyl (C=O) groups excluding carboxylic acids is 1. The molecule has 0 amide bonds. The van der Waals surface area contributed by atoms with Crippen molar-refractivity contribution >= 4 is 12.4 Å². The van der Waals surface area contributed by atoms with Gasteiger partial charge in [0.1, 0.15) is 6.33 Å². The minimum Gasteiger partial charge on any atom is -0.338 e. The fourth-order valence-electron chi connectivity index (χ4n) is 2.02. The van der Waals surface area contributed by atoms with Crippen LogP contribution in [0.1, 0.15) is 18.4 Å². The van der Waals surface area contributed by atoms with Crippen LogP contribution in [0.15, 0.2) is 72.1 Å². The van der Waals surface area contributed by atoms with Gasteiger partial charge in [0, 0.05) is 0 Å². The summed E-state index contributed by atoms with van der Waals surface area (Å²) in [6.45, 7) is 1.75. The molecular weight excluding hydrogens is 336 g/mol. The van der Waals surface area contributed by atoms with Crippen LogP contribution in [0, 0.1) is 0 Å². The molecular formula is C18H16N4O4. The van der Waals surface area contributed by atoms with E-state index in [4.69, 9.17) is 9.78 Å². The molecule has 0 bridgehead atoms. The maximum atomic E-state index is 12.0. The Morgan fingerprint density at radius 3 is 2.31 bits per heavy atom. The zero-order chi connectivity index (χ0) is 18.2. The van der Waals surface area contributed by atoms with E-state index in [2.05, 4.69) is 20.1 Å². The fraction of sp³-hybridized carbons (Fsp3) is 0.111. The molecule has 8 heteroatoms. The molecule has 2 heterocycles. The summed E-state index contributed by atoms with van der Waals surface area (Å²) in [5.41, 5.74) is 1.68. The second-order valence-electron chi connectivity index (χ2n) is 5.24. The highest BCUT2D eigenvalue weighted by Crippen LogP contribution is 2.17. The monoisotopic (exact) mass is 352 g/mol. The van der Waals surface area contributed by atoms with Gasteiger partial charge in [-0.25, -0.2) is 19.3 Å². The van der Waals surface area contributed by atoms with Gasteiger partial charge in [-0.3, -0.25) is 0 Å². The minimum atomic E-state index is -0.507. The summed E-state index contributed by atoms with van der Waals surface area (Å²) in [4.78, 5) is 29.7. The van der Waals surface area contributed by atoms with Crippen molar-refractivity contribution in [1.82, 2.24) is 14.8 Å². The summed E-state index contributed by atoms with van der Waals surface area (Å²) in [6, 6.07) is 18.7. The largest absolute Gasteiger partial charge is 0.385 e. The lowest BCUT2D eigenvalue weighted by atomic mass is 10.0. The van der Waals surface area contributed by atoms with Gasteiger partial charge in [0.15, 0.2) is 0 Å². The van der Waals surface area contributed by atoms with Gasteiger partial charge in [-0.2, -0.15) is 4.98 Å². The van der Waals surface area contributed by atoms with Crippen LogP contribution in [0.4, 0.5) is 0 Å². The number of benzene rings is 2. The summed E-state index contributed by atoms with van der Waals surface area (Å²) < 4.78 is 1.53. The smallest absolute Gasteiger partial charge is 0.338 e. The van der Waals surface area contributed by atoms with E-state index in [0.717, 1.165) is 11.3 Å². The third-order valence-corrected chi connectivity index (χ3v) is 3.45. The second-order valence-corrected chi connectivity index (χ2v) is 5.24. The van der Waals surface area contributed by atoms with Crippen LogP contribution in [0.2, 0.25) is 0 Å². The molecule has 0 aliphatic carbocycles. The van der Waals surface area contributed by atoms with Crippen molar-refractivity contribution in [2.24, 2.45) is 5.16 Å². The number of para-hydroxylation sites is 1. The molecule has 0 spiro atoms. The molecule has 132 valence electrons. The first-order valence-electron chi connectivity index (χ1n) is 7.82. The quantitative estimate of drug-likeness (QED) is 0.518. The van der Waals surface area contributed by atoms with Crippen LogP contribution in [0.25, 0.3) is 5.69 Å². The van der Waals surface area contributed by atoms with E-state index in [0.29, 0.717) is 0 Å². The first kappa shape index (κ1) is 17.2. The van der Waals surface area contributed by atoms with Gasteiger partial charge < -0.3 is 4.84 Å². The molecule has 8 nitrogen and oxygen atoms in total. The zero-order valence-electron chi connectivity index (χ0n) is 13.9. The standard InChI is InChI=1S/C17H15N3O3.CHNO/c1-13(14-8-4-2-5-9-14)16(21)22-23-17-18-12-20(19-17)15-10-6-3-7-11-15;1-2-3-1/h2-13H,1H3;1H. The van der Waals surface area contributed by atoms with Crippen LogP contribution >= 0.6 is 0 Å². The molecule has 0 N–H and O–H groups in total. The topological polar surface area (TPSA) is 91.1 Å².